The largest absolute Gasteiger partial charge is 0.243 e. The molecule has 1 saturated heterocycles. The lowest BCUT2D eigenvalue weighted by atomic mass is 9.91. The van der Waals surface area contributed by atoms with Crippen molar-refractivity contribution in [3.63, 3.8) is 0 Å². The van der Waals surface area contributed by atoms with Crippen LogP contribution < -0.4 is 0 Å². The monoisotopic (exact) mass is 323 g/mol. The van der Waals surface area contributed by atoms with Crippen molar-refractivity contribution in [2.45, 2.75) is 57.8 Å². The summed E-state index contributed by atoms with van der Waals surface area (Å²) in [5.41, 5.74) is 1.18. The Morgan fingerprint density at radius 3 is 2.32 bits per heavy atom. The molecule has 1 aliphatic rings. The van der Waals surface area contributed by atoms with Crippen LogP contribution in [0.25, 0.3) is 0 Å². The predicted octanol–water partition coefficient (Wildman–Crippen LogP) is 4.26. The highest BCUT2D eigenvalue weighted by molar-refractivity contribution is 7.89. The van der Waals surface area contributed by atoms with E-state index in [1.165, 1.54) is 5.56 Å². The van der Waals surface area contributed by atoms with Gasteiger partial charge in [0.25, 0.3) is 0 Å². The molecule has 0 bridgehead atoms. The number of rotatable bonds is 5. The molecule has 0 amide bonds. The highest BCUT2D eigenvalue weighted by Crippen LogP contribution is 2.28. The first-order chi connectivity index (χ1) is 10.3. The molecule has 22 heavy (non-hydrogen) atoms. The SMILES string of the molecule is CC(C)CC1CCCN(S(=O)(=O)c2ccc(C(C)C)cc2)C1. The zero-order valence-electron chi connectivity index (χ0n) is 14.2. The van der Waals surface area contributed by atoms with E-state index in [4.69, 9.17) is 0 Å². The molecule has 0 aliphatic carbocycles. The summed E-state index contributed by atoms with van der Waals surface area (Å²) >= 11 is 0. The van der Waals surface area contributed by atoms with Gasteiger partial charge in [-0.3, -0.25) is 0 Å². The fourth-order valence-corrected chi connectivity index (χ4v) is 4.83. The summed E-state index contributed by atoms with van der Waals surface area (Å²) in [5.74, 6) is 1.54. The molecule has 124 valence electrons. The second-order valence-corrected chi connectivity index (χ2v) is 9.16. The Bertz CT molecular complexity index is 576. The molecule has 1 aromatic rings. The maximum absolute atomic E-state index is 12.8. The number of nitrogens with zero attached hydrogens (tertiary/aromatic N) is 1. The topological polar surface area (TPSA) is 37.4 Å². The van der Waals surface area contributed by atoms with Crippen molar-refractivity contribution in [1.82, 2.24) is 4.31 Å². The van der Waals surface area contributed by atoms with Gasteiger partial charge in [0.1, 0.15) is 0 Å². The first-order valence-electron chi connectivity index (χ1n) is 8.40. The number of sulfonamides is 1. The lowest BCUT2D eigenvalue weighted by Crippen LogP contribution is -2.40. The fraction of sp³-hybridized carbons (Fsp3) is 0.667. The maximum atomic E-state index is 12.8. The van der Waals surface area contributed by atoms with Gasteiger partial charge in [0.05, 0.1) is 4.90 Å². The third kappa shape index (κ3) is 4.11. The van der Waals surface area contributed by atoms with E-state index < -0.39 is 10.0 Å². The summed E-state index contributed by atoms with van der Waals surface area (Å²) in [7, 11) is -3.34. The molecule has 0 radical (unpaired) electrons. The minimum absolute atomic E-state index is 0.419. The van der Waals surface area contributed by atoms with E-state index in [1.807, 2.05) is 12.1 Å². The van der Waals surface area contributed by atoms with Crippen molar-refractivity contribution >= 4 is 10.0 Å². The van der Waals surface area contributed by atoms with Crippen LogP contribution >= 0.6 is 0 Å². The molecule has 1 aliphatic heterocycles. The van der Waals surface area contributed by atoms with Crippen LogP contribution in [0.2, 0.25) is 0 Å². The Kier molecular flexibility index (Phi) is 5.67. The van der Waals surface area contributed by atoms with Gasteiger partial charge in [-0.1, -0.05) is 39.8 Å². The molecule has 0 saturated carbocycles. The zero-order valence-corrected chi connectivity index (χ0v) is 15.1. The van der Waals surface area contributed by atoms with Crippen molar-refractivity contribution in [3.05, 3.63) is 29.8 Å². The molecule has 1 atom stereocenters. The number of piperidine rings is 1. The minimum atomic E-state index is -3.34. The Morgan fingerprint density at radius 1 is 1.14 bits per heavy atom. The van der Waals surface area contributed by atoms with E-state index in [2.05, 4.69) is 27.7 Å². The van der Waals surface area contributed by atoms with Crippen molar-refractivity contribution in [2.75, 3.05) is 13.1 Å². The van der Waals surface area contributed by atoms with Crippen LogP contribution in [0.4, 0.5) is 0 Å². The smallest absolute Gasteiger partial charge is 0.207 e. The van der Waals surface area contributed by atoms with Gasteiger partial charge in [0, 0.05) is 13.1 Å². The minimum Gasteiger partial charge on any atom is -0.207 e. The molecule has 1 heterocycles. The van der Waals surface area contributed by atoms with Gasteiger partial charge in [-0.2, -0.15) is 4.31 Å². The van der Waals surface area contributed by atoms with Crippen LogP contribution in [0.15, 0.2) is 29.2 Å². The number of hydrogen-bond acceptors (Lipinski definition) is 2. The Labute approximate surface area is 135 Å². The van der Waals surface area contributed by atoms with Gasteiger partial charge < -0.3 is 0 Å². The summed E-state index contributed by atoms with van der Waals surface area (Å²) in [6.45, 7) is 9.97. The molecule has 1 fully saturated rings. The number of benzene rings is 1. The average Bonchev–Trinajstić information content (AvgIpc) is 2.47. The summed E-state index contributed by atoms with van der Waals surface area (Å²) in [5, 5.41) is 0. The molecule has 2 rings (SSSR count). The van der Waals surface area contributed by atoms with Crippen molar-refractivity contribution < 1.29 is 8.42 Å². The molecular weight excluding hydrogens is 294 g/mol. The van der Waals surface area contributed by atoms with Crippen LogP contribution in [-0.2, 0) is 10.0 Å². The molecule has 1 aromatic carbocycles. The van der Waals surface area contributed by atoms with E-state index in [0.29, 0.717) is 35.7 Å². The second kappa shape index (κ2) is 7.14. The van der Waals surface area contributed by atoms with E-state index in [0.717, 1.165) is 19.3 Å². The lowest BCUT2D eigenvalue weighted by Gasteiger charge is -2.32. The molecule has 4 heteroatoms. The Morgan fingerprint density at radius 2 is 1.77 bits per heavy atom. The normalized spacial score (nSPS) is 20.7. The maximum Gasteiger partial charge on any atom is 0.243 e. The van der Waals surface area contributed by atoms with Crippen molar-refractivity contribution in [3.8, 4) is 0 Å². The van der Waals surface area contributed by atoms with Gasteiger partial charge in [0.2, 0.25) is 10.0 Å². The lowest BCUT2D eigenvalue weighted by molar-refractivity contribution is 0.238. The van der Waals surface area contributed by atoms with Gasteiger partial charge in [-0.05, 0) is 54.7 Å². The van der Waals surface area contributed by atoms with Gasteiger partial charge in [-0.15, -0.1) is 0 Å². The van der Waals surface area contributed by atoms with E-state index in [9.17, 15) is 8.42 Å². The summed E-state index contributed by atoms with van der Waals surface area (Å²) in [6.07, 6.45) is 3.23. The van der Waals surface area contributed by atoms with Crippen LogP contribution in [0.3, 0.4) is 0 Å². The van der Waals surface area contributed by atoms with Gasteiger partial charge in [-0.25, -0.2) is 8.42 Å². The Balaban J connectivity index is 2.15. The number of hydrogen-bond donors (Lipinski definition) is 0. The summed E-state index contributed by atoms with van der Waals surface area (Å²) in [6, 6.07) is 7.40. The summed E-state index contributed by atoms with van der Waals surface area (Å²) in [4.78, 5) is 0.432. The quantitative estimate of drug-likeness (QED) is 0.812. The molecule has 0 N–H and O–H groups in total. The third-order valence-electron chi connectivity index (χ3n) is 4.47. The zero-order chi connectivity index (χ0) is 16.3. The molecule has 0 spiro atoms. The van der Waals surface area contributed by atoms with Crippen LogP contribution in [0.5, 0.6) is 0 Å². The highest BCUT2D eigenvalue weighted by atomic mass is 32.2. The molecule has 3 nitrogen and oxygen atoms in total. The first kappa shape index (κ1) is 17.5. The van der Waals surface area contributed by atoms with Crippen molar-refractivity contribution in [1.29, 1.82) is 0 Å². The van der Waals surface area contributed by atoms with Crippen LogP contribution in [0.1, 0.15) is 58.4 Å². The van der Waals surface area contributed by atoms with Gasteiger partial charge >= 0.3 is 0 Å². The third-order valence-corrected chi connectivity index (χ3v) is 6.35. The van der Waals surface area contributed by atoms with Crippen molar-refractivity contribution in [2.24, 2.45) is 11.8 Å². The standard InChI is InChI=1S/C18H29NO2S/c1-14(2)12-16-6-5-11-19(13-16)22(20,21)18-9-7-17(8-10-18)15(3)4/h7-10,14-16H,5-6,11-13H2,1-4H3. The second-order valence-electron chi connectivity index (χ2n) is 7.22. The van der Waals surface area contributed by atoms with E-state index >= 15 is 0 Å². The van der Waals surface area contributed by atoms with E-state index in [-0.39, 0.29) is 0 Å². The van der Waals surface area contributed by atoms with Crippen LogP contribution in [0, 0.1) is 11.8 Å². The van der Waals surface area contributed by atoms with E-state index in [1.54, 1.807) is 16.4 Å². The summed E-state index contributed by atoms with van der Waals surface area (Å²) < 4.78 is 27.3. The predicted molar refractivity (Wildman–Crippen MR) is 91.5 cm³/mol. The van der Waals surface area contributed by atoms with Crippen LogP contribution in [-0.4, -0.2) is 25.8 Å². The molecule has 1 unspecified atom stereocenters. The first-order valence-corrected chi connectivity index (χ1v) is 9.84. The fourth-order valence-electron chi connectivity index (χ4n) is 3.28. The van der Waals surface area contributed by atoms with Gasteiger partial charge in [0.15, 0.2) is 0 Å². The molecule has 0 aromatic heterocycles. The molecular formula is C18H29NO2S. The average molecular weight is 324 g/mol. The Hall–Kier alpha value is -0.870. The highest BCUT2D eigenvalue weighted by Gasteiger charge is 2.30.